The van der Waals surface area contributed by atoms with Gasteiger partial charge < -0.3 is 0 Å². The average molecular weight is 322 g/mol. The third-order valence-electron chi connectivity index (χ3n) is 3.99. The Morgan fingerprint density at radius 2 is 1.54 bits per heavy atom. The van der Waals surface area contributed by atoms with Crippen LogP contribution in [0.2, 0.25) is 0 Å². The summed E-state index contributed by atoms with van der Waals surface area (Å²) in [7, 11) is 0.661. The van der Waals surface area contributed by atoms with Crippen LogP contribution in [-0.4, -0.2) is 36.6 Å². The fraction of sp³-hybridized carbons (Fsp3) is 0.316. The molecule has 2 aromatic carbocycles. The second-order valence-corrected chi connectivity index (χ2v) is 5.93. The van der Waals surface area contributed by atoms with Crippen molar-refractivity contribution >= 4 is 13.3 Å². The molecule has 0 radical (unpaired) electrons. The van der Waals surface area contributed by atoms with Crippen molar-refractivity contribution in [3.63, 3.8) is 0 Å². The normalized spacial score (nSPS) is 14.9. The number of aliphatic hydroxyl groups excluding tert-OH is 1. The van der Waals surface area contributed by atoms with Crippen LogP contribution in [0.1, 0.15) is 17.5 Å². The number of benzene rings is 2. The summed E-state index contributed by atoms with van der Waals surface area (Å²) in [6, 6.07) is 19.2. The Labute approximate surface area is 143 Å². The van der Waals surface area contributed by atoms with Crippen molar-refractivity contribution in [2.45, 2.75) is 37.5 Å². The van der Waals surface area contributed by atoms with E-state index in [-0.39, 0.29) is 12.1 Å². The summed E-state index contributed by atoms with van der Waals surface area (Å²) in [5, 5.41) is 10.4. The molecule has 0 fully saturated rings. The zero-order valence-electron chi connectivity index (χ0n) is 13.7. The topological polar surface area (TPSA) is 75.7 Å². The maximum absolute atomic E-state index is 10.6. The molecule has 0 amide bonds. The predicted molar refractivity (Wildman–Crippen MR) is 97.6 cm³/mol. The fourth-order valence-corrected chi connectivity index (χ4v) is 2.72. The van der Waals surface area contributed by atoms with E-state index >= 15 is 0 Å². The van der Waals surface area contributed by atoms with Crippen molar-refractivity contribution in [1.82, 2.24) is 0 Å². The van der Waals surface area contributed by atoms with Gasteiger partial charge in [-0.2, -0.15) is 0 Å². The minimum atomic E-state index is -0.678. The number of hydrogen-bond acceptors (Lipinski definition) is 4. The summed E-state index contributed by atoms with van der Waals surface area (Å²) in [6.45, 7) is 0. The van der Waals surface area contributed by atoms with Gasteiger partial charge in [0.15, 0.2) is 0 Å². The third kappa shape index (κ3) is 6.18. The molecular weight excluding hydrogens is 299 g/mol. The van der Waals surface area contributed by atoms with Crippen LogP contribution in [0.15, 0.2) is 65.7 Å². The van der Waals surface area contributed by atoms with E-state index in [1.165, 1.54) is 6.11 Å². The van der Waals surface area contributed by atoms with E-state index in [9.17, 15) is 9.81 Å². The van der Waals surface area contributed by atoms with Gasteiger partial charge in [0.05, 0.1) is 0 Å². The molecule has 0 aromatic heterocycles. The van der Waals surface area contributed by atoms with Crippen LogP contribution in [-0.2, 0) is 17.5 Å². The molecule has 2 aromatic rings. The van der Waals surface area contributed by atoms with Crippen molar-refractivity contribution in [2.75, 3.05) is 0 Å². The van der Waals surface area contributed by atoms with Crippen LogP contribution in [0.3, 0.4) is 0 Å². The van der Waals surface area contributed by atoms with Crippen molar-refractivity contribution in [3.8, 4) is 0 Å². The van der Waals surface area contributed by atoms with Gasteiger partial charge in [-0.15, -0.1) is 0 Å². The summed E-state index contributed by atoms with van der Waals surface area (Å²) in [4.78, 5) is 4.26. The molecule has 0 bridgehead atoms. The fourth-order valence-electron chi connectivity index (χ4n) is 2.72. The Kier molecular flexibility index (Phi) is 7.53. The van der Waals surface area contributed by atoms with Crippen molar-refractivity contribution in [2.24, 2.45) is 10.7 Å². The molecule has 0 saturated carbocycles. The van der Waals surface area contributed by atoms with Gasteiger partial charge >= 0.3 is 143 Å². The molecule has 0 unspecified atom stereocenters. The molecule has 5 heteroatoms. The van der Waals surface area contributed by atoms with Gasteiger partial charge in [0.2, 0.25) is 0 Å². The number of nitrogens with two attached hydrogens (primary N) is 1. The standard InChI is InChI=1S/C19H23BN2O2/c21-18(12-16-9-5-2-6-10-16)19(23)13-17(22-14-20-24)11-15-7-3-1-4-8-15/h1-10,14,17-19,23H,11-13,21H2/t17-,18-,19-/m0/s1. The molecule has 0 aliphatic carbocycles. The monoisotopic (exact) mass is 322 g/mol. The van der Waals surface area contributed by atoms with Gasteiger partial charge in [-0.25, -0.2) is 0 Å². The van der Waals surface area contributed by atoms with Crippen LogP contribution in [0, 0.1) is 0 Å². The minimum absolute atomic E-state index is 0.172. The number of hydrogen-bond donors (Lipinski definition) is 2. The predicted octanol–water partition coefficient (Wildman–Crippen LogP) is 2.00. The third-order valence-corrected chi connectivity index (χ3v) is 3.99. The molecule has 24 heavy (non-hydrogen) atoms. The Morgan fingerprint density at radius 3 is 2.08 bits per heavy atom. The quantitative estimate of drug-likeness (QED) is 0.548. The van der Waals surface area contributed by atoms with Crippen LogP contribution in [0.4, 0.5) is 0 Å². The Hall–Kier alpha value is -2.11. The Morgan fingerprint density at radius 1 is 1.00 bits per heavy atom. The first-order chi connectivity index (χ1) is 11.7. The van der Waals surface area contributed by atoms with E-state index in [2.05, 4.69) is 4.99 Å². The van der Waals surface area contributed by atoms with Gasteiger partial charge in [-0.05, 0) is 0 Å². The van der Waals surface area contributed by atoms with Gasteiger partial charge in [-0.3, -0.25) is 0 Å². The molecule has 0 heterocycles. The van der Waals surface area contributed by atoms with E-state index in [1.807, 2.05) is 60.7 Å². The molecule has 3 N–H and O–H groups in total. The number of nitrogens with zero attached hydrogens (tertiary/aromatic N) is 1. The zero-order valence-corrected chi connectivity index (χ0v) is 13.7. The van der Waals surface area contributed by atoms with Crippen molar-refractivity contribution < 1.29 is 9.81 Å². The van der Waals surface area contributed by atoms with E-state index in [0.29, 0.717) is 26.4 Å². The summed E-state index contributed by atoms with van der Waals surface area (Å²) >= 11 is 0. The molecule has 0 spiro atoms. The van der Waals surface area contributed by atoms with Crippen LogP contribution < -0.4 is 5.73 Å². The van der Waals surface area contributed by atoms with Gasteiger partial charge in [-0.1, -0.05) is 0 Å². The number of rotatable bonds is 9. The van der Waals surface area contributed by atoms with Crippen molar-refractivity contribution in [1.29, 1.82) is 0 Å². The maximum atomic E-state index is 10.6. The molecular formula is C19H23BN2O2. The average Bonchev–Trinajstić information content (AvgIpc) is 2.61. The second kappa shape index (κ2) is 9.91. The van der Waals surface area contributed by atoms with Crippen LogP contribution in [0.5, 0.6) is 0 Å². The van der Waals surface area contributed by atoms with Crippen LogP contribution in [0.25, 0.3) is 0 Å². The summed E-state index contributed by atoms with van der Waals surface area (Å²) in [5.74, 6) is 0. The van der Waals surface area contributed by atoms with Crippen LogP contribution >= 0.6 is 0 Å². The first-order valence-electron chi connectivity index (χ1n) is 8.17. The van der Waals surface area contributed by atoms with E-state index in [0.717, 1.165) is 11.1 Å². The Bertz CT molecular complexity index is 634. The van der Waals surface area contributed by atoms with Crippen molar-refractivity contribution in [3.05, 3.63) is 71.8 Å². The molecule has 124 valence electrons. The number of aliphatic hydroxyl groups is 1. The molecule has 0 saturated heterocycles. The summed E-state index contributed by atoms with van der Waals surface area (Å²) in [6.07, 6.45) is 2.27. The van der Waals surface area contributed by atoms with Gasteiger partial charge in [0.25, 0.3) is 0 Å². The molecule has 2 rings (SSSR count). The first-order valence-corrected chi connectivity index (χ1v) is 8.17. The van der Waals surface area contributed by atoms with E-state index in [4.69, 9.17) is 5.73 Å². The Balaban J connectivity index is 1.96. The van der Waals surface area contributed by atoms with E-state index in [1.54, 1.807) is 0 Å². The zero-order chi connectivity index (χ0) is 17.2. The van der Waals surface area contributed by atoms with Gasteiger partial charge in [0, 0.05) is 0 Å². The van der Waals surface area contributed by atoms with Gasteiger partial charge in [0.1, 0.15) is 0 Å². The molecule has 0 aliphatic heterocycles. The number of aliphatic imine (C=N–C) groups is 1. The molecule has 4 nitrogen and oxygen atoms in total. The summed E-state index contributed by atoms with van der Waals surface area (Å²) < 4.78 is 10.6. The summed E-state index contributed by atoms with van der Waals surface area (Å²) in [5.41, 5.74) is 8.37. The first kappa shape index (κ1) is 18.2. The molecule has 0 aliphatic rings. The SMILES string of the molecule is N[C@@H](Cc1ccccc1)[C@@H](O)C[C@H](Cc1ccccc1)N=CB=O. The second-order valence-electron chi connectivity index (χ2n) is 5.93. The molecule has 3 atom stereocenters. The van der Waals surface area contributed by atoms with E-state index < -0.39 is 6.10 Å².